The van der Waals surface area contributed by atoms with Crippen molar-refractivity contribution in [3.63, 3.8) is 0 Å². The number of nitrogens with zero attached hydrogens (tertiary/aromatic N) is 1. The first kappa shape index (κ1) is 21.7. The molecule has 2 aromatic rings. The minimum atomic E-state index is -4.08. The molecule has 0 saturated heterocycles. The van der Waals surface area contributed by atoms with Crippen molar-refractivity contribution >= 4 is 21.6 Å². The Balaban J connectivity index is 2.42. The Bertz CT molecular complexity index is 905. The van der Waals surface area contributed by atoms with Crippen molar-refractivity contribution in [2.75, 3.05) is 17.5 Å². The highest BCUT2D eigenvalue weighted by molar-refractivity contribution is 7.92. The van der Waals surface area contributed by atoms with E-state index < -0.39 is 33.8 Å². The molecule has 6 nitrogen and oxygen atoms in total. The second kappa shape index (κ2) is 8.60. The van der Waals surface area contributed by atoms with E-state index in [-0.39, 0.29) is 4.90 Å². The number of hydrogen-bond donors (Lipinski definition) is 1. The van der Waals surface area contributed by atoms with Gasteiger partial charge in [-0.15, -0.1) is 0 Å². The fraction of sp³-hybridized carbons (Fsp3) is 0.350. The van der Waals surface area contributed by atoms with Crippen LogP contribution < -0.4 is 14.4 Å². The van der Waals surface area contributed by atoms with Crippen LogP contribution in [0.1, 0.15) is 27.7 Å². The van der Waals surface area contributed by atoms with Gasteiger partial charge < -0.3 is 10.1 Å². The summed E-state index contributed by atoms with van der Waals surface area (Å²) in [6.45, 7) is 7.33. The molecule has 0 aliphatic carbocycles. The van der Waals surface area contributed by atoms with Crippen LogP contribution in [0.5, 0.6) is 5.75 Å². The molecule has 8 heteroatoms. The van der Waals surface area contributed by atoms with Gasteiger partial charge in [0.1, 0.15) is 18.1 Å². The maximum absolute atomic E-state index is 13.2. The van der Waals surface area contributed by atoms with Gasteiger partial charge >= 0.3 is 0 Å². The standard InChI is InChI=1S/C20H25FN2O4S/c1-5-27-17-10-8-16(9-11-17)23(14-19(24)22-20(2,3)4)28(25,26)18-12-6-15(21)7-13-18/h6-13H,5,14H2,1-4H3,(H,22,24). The summed E-state index contributed by atoms with van der Waals surface area (Å²) >= 11 is 0. The first-order chi connectivity index (χ1) is 13.0. The van der Waals surface area contributed by atoms with Crippen molar-refractivity contribution in [3.8, 4) is 5.75 Å². The van der Waals surface area contributed by atoms with Gasteiger partial charge in [-0.2, -0.15) is 0 Å². The van der Waals surface area contributed by atoms with E-state index in [9.17, 15) is 17.6 Å². The average molecular weight is 408 g/mol. The van der Waals surface area contributed by atoms with E-state index in [1.807, 2.05) is 6.92 Å². The van der Waals surface area contributed by atoms with Crippen molar-refractivity contribution < 1.29 is 22.3 Å². The molecular weight excluding hydrogens is 383 g/mol. The van der Waals surface area contributed by atoms with E-state index in [1.54, 1.807) is 45.0 Å². The topological polar surface area (TPSA) is 75.7 Å². The maximum atomic E-state index is 13.2. The van der Waals surface area contributed by atoms with Crippen LogP contribution in [0.4, 0.5) is 10.1 Å². The Morgan fingerprint density at radius 1 is 1.07 bits per heavy atom. The third-order valence-corrected chi connectivity index (χ3v) is 5.43. The minimum absolute atomic E-state index is 0.105. The quantitative estimate of drug-likeness (QED) is 0.762. The van der Waals surface area contributed by atoms with Gasteiger partial charge in [0.05, 0.1) is 17.2 Å². The van der Waals surface area contributed by atoms with E-state index in [1.165, 1.54) is 12.1 Å². The van der Waals surface area contributed by atoms with Crippen molar-refractivity contribution in [1.82, 2.24) is 5.32 Å². The van der Waals surface area contributed by atoms with Crippen LogP contribution in [-0.4, -0.2) is 33.0 Å². The fourth-order valence-corrected chi connectivity index (χ4v) is 3.93. The molecule has 1 amide bonds. The first-order valence-corrected chi connectivity index (χ1v) is 10.3. The lowest BCUT2D eigenvalue weighted by Gasteiger charge is -2.27. The highest BCUT2D eigenvalue weighted by Gasteiger charge is 2.28. The predicted molar refractivity (Wildman–Crippen MR) is 106 cm³/mol. The monoisotopic (exact) mass is 408 g/mol. The molecule has 28 heavy (non-hydrogen) atoms. The van der Waals surface area contributed by atoms with E-state index in [2.05, 4.69) is 5.32 Å². The highest BCUT2D eigenvalue weighted by Crippen LogP contribution is 2.26. The molecule has 0 fully saturated rings. The number of benzene rings is 2. The van der Waals surface area contributed by atoms with Crippen LogP contribution in [0.2, 0.25) is 0 Å². The van der Waals surface area contributed by atoms with Gasteiger partial charge in [0.2, 0.25) is 5.91 Å². The molecule has 0 radical (unpaired) electrons. The smallest absolute Gasteiger partial charge is 0.264 e. The van der Waals surface area contributed by atoms with Crippen LogP contribution in [-0.2, 0) is 14.8 Å². The summed E-state index contributed by atoms with van der Waals surface area (Å²) < 4.78 is 45.9. The number of amides is 1. The van der Waals surface area contributed by atoms with E-state index in [0.717, 1.165) is 16.4 Å². The molecule has 0 aliphatic heterocycles. The molecule has 0 bridgehead atoms. The normalized spacial score (nSPS) is 11.8. The molecule has 2 aromatic carbocycles. The van der Waals surface area contributed by atoms with Crippen LogP contribution >= 0.6 is 0 Å². The summed E-state index contributed by atoms with van der Waals surface area (Å²) in [6.07, 6.45) is 0. The predicted octanol–water partition coefficient (Wildman–Crippen LogP) is 3.33. The first-order valence-electron chi connectivity index (χ1n) is 8.85. The van der Waals surface area contributed by atoms with E-state index >= 15 is 0 Å². The van der Waals surface area contributed by atoms with Gasteiger partial charge in [0.15, 0.2) is 0 Å². The number of anilines is 1. The van der Waals surface area contributed by atoms with Gasteiger partial charge in [0.25, 0.3) is 10.0 Å². The Kier molecular flexibility index (Phi) is 6.66. The lowest BCUT2D eigenvalue weighted by Crippen LogP contribution is -2.47. The summed E-state index contributed by atoms with van der Waals surface area (Å²) in [5, 5.41) is 2.75. The van der Waals surface area contributed by atoms with Crippen molar-refractivity contribution in [2.45, 2.75) is 38.1 Å². The van der Waals surface area contributed by atoms with Crippen molar-refractivity contribution in [2.24, 2.45) is 0 Å². The van der Waals surface area contributed by atoms with E-state index in [4.69, 9.17) is 4.74 Å². The number of rotatable bonds is 7. The number of carbonyl (C=O) groups excluding carboxylic acids is 1. The SMILES string of the molecule is CCOc1ccc(N(CC(=O)NC(C)(C)C)S(=O)(=O)c2ccc(F)cc2)cc1. The van der Waals surface area contributed by atoms with E-state index in [0.29, 0.717) is 18.0 Å². The summed E-state index contributed by atoms with van der Waals surface area (Å²) in [5.74, 6) is -0.409. The highest BCUT2D eigenvalue weighted by atomic mass is 32.2. The minimum Gasteiger partial charge on any atom is -0.494 e. The fourth-order valence-electron chi connectivity index (χ4n) is 2.51. The Morgan fingerprint density at radius 2 is 1.64 bits per heavy atom. The Morgan fingerprint density at radius 3 is 2.14 bits per heavy atom. The summed E-state index contributed by atoms with van der Waals surface area (Å²) in [6, 6.07) is 10.9. The van der Waals surface area contributed by atoms with Crippen LogP contribution in [0.15, 0.2) is 53.4 Å². The molecule has 0 heterocycles. The number of ether oxygens (including phenoxy) is 1. The Labute approximate surface area is 165 Å². The van der Waals surface area contributed by atoms with Crippen LogP contribution in [0.3, 0.4) is 0 Å². The number of halogens is 1. The van der Waals surface area contributed by atoms with Crippen molar-refractivity contribution in [1.29, 1.82) is 0 Å². The number of carbonyl (C=O) groups is 1. The average Bonchev–Trinajstić information content (AvgIpc) is 2.59. The number of sulfonamides is 1. The molecule has 0 saturated carbocycles. The largest absolute Gasteiger partial charge is 0.494 e. The van der Waals surface area contributed by atoms with Gasteiger partial charge in [-0.3, -0.25) is 9.10 Å². The van der Waals surface area contributed by atoms with Gasteiger partial charge in [0, 0.05) is 5.54 Å². The molecule has 1 N–H and O–H groups in total. The zero-order valence-corrected chi connectivity index (χ0v) is 17.2. The van der Waals surface area contributed by atoms with Crippen molar-refractivity contribution in [3.05, 3.63) is 54.3 Å². The van der Waals surface area contributed by atoms with Gasteiger partial charge in [-0.1, -0.05) is 0 Å². The summed E-state index contributed by atoms with van der Waals surface area (Å²) in [4.78, 5) is 12.3. The number of hydrogen-bond acceptors (Lipinski definition) is 4. The number of nitrogens with one attached hydrogen (secondary N) is 1. The lowest BCUT2D eigenvalue weighted by atomic mass is 10.1. The second-order valence-corrected chi connectivity index (χ2v) is 9.05. The zero-order valence-electron chi connectivity index (χ0n) is 16.4. The van der Waals surface area contributed by atoms with Gasteiger partial charge in [-0.05, 0) is 76.2 Å². The molecule has 2 rings (SSSR count). The molecule has 0 unspecified atom stereocenters. The molecule has 152 valence electrons. The van der Waals surface area contributed by atoms with Crippen LogP contribution in [0.25, 0.3) is 0 Å². The molecule has 0 spiro atoms. The maximum Gasteiger partial charge on any atom is 0.264 e. The molecular formula is C20H25FN2O4S. The summed E-state index contributed by atoms with van der Waals surface area (Å²) in [7, 11) is -4.08. The lowest BCUT2D eigenvalue weighted by molar-refractivity contribution is -0.121. The Hall–Kier alpha value is -2.61. The second-order valence-electron chi connectivity index (χ2n) is 7.19. The molecule has 0 aliphatic rings. The van der Waals surface area contributed by atoms with Crippen LogP contribution in [0, 0.1) is 5.82 Å². The summed E-state index contributed by atoms with van der Waals surface area (Å²) in [5.41, 5.74) is -0.210. The van der Waals surface area contributed by atoms with Gasteiger partial charge in [-0.25, -0.2) is 12.8 Å². The zero-order chi connectivity index (χ0) is 20.9. The third-order valence-electron chi connectivity index (χ3n) is 3.64. The third kappa shape index (κ3) is 5.69. The molecule has 0 aromatic heterocycles. The molecule has 0 atom stereocenters.